The predicted octanol–water partition coefficient (Wildman–Crippen LogP) is 5.21. The number of benzene rings is 3. The van der Waals surface area contributed by atoms with Crippen LogP contribution in [-0.4, -0.2) is 23.9 Å². The molecule has 0 bridgehead atoms. The standard InChI is InChI=1S/C16H12S2.2CH4.Sn/c17-15-10-4-9-14(16(15)18)13-8-3-6-11-5-1-2-7-12(11)13;;;/h1-10,17-18H;2*1H4;/q;;;+2/p-2. The van der Waals surface area contributed by atoms with Gasteiger partial charge in [-0.2, -0.15) is 9.79 Å². The summed E-state index contributed by atoms with van der Waals surface area (Å²) in [5, 5.41) is 2.44. The third-order valence-corrected chi connectivity index (χ3v) is 3.97. The maximum Gasteiger partial charge on any atom is 2.00 e. The third kappa shape index (κ3) is 3.87. The van der Waals surface area contributed by atoms with Crippen LogP contribution in [0, 0.1) is 0 Å². The Bertz CT molecular complexity index is 718. The maximum absolute atomic E-state index is 5.43. The number of fused-ring (bicyclic) bond motifs is 1. The molecule has 3 heteroatoms. The van der Waals surface area contributed by atoms with Crippen LogP contribution < -0.4 is 0 Å². The molecule has 0 heterocycles. The number of rotatable bonds is 1. The van der Waals surface area contributed by atoms with E-state index >= 15 is 0 Å². The molecule has 0 amide bonds. The zero-order valence-corrected chi connectivity index (χ0v) is 14.6. The molecule has 0 saturated heterocycles. The molecule has 21 heavy (non-hydrogen) atoms. The molecule has 0 aliphatic carbocycles. The zero-order chi connectivity index (χ0) is 12.5. The molecule has 0 saturated carbocycles. The van der Waals surface area contributed by atoms with Gasteiger partial charge in [-0.3, -0.25) is 0 Å². The minimum Gasteiger partial charge on any atom is -0.781 e. The first-order valence-electron chi connectivity index (χ1n) is 5.72. The molecule has 0 aromatic heterocycles. The molecule has 0 aliphatic rings. The fourth-order valence-corrected chi connectivity index (χ4v) is 2.62. The van der Waals surface area contributed by atoms with Crippen LogP contribution in [0.5, 0.6) is 0 Å². The quantitative estimate of drug-likeness (QED) is 0.394. The van der Waals surface area contributed by atoms with Crippen molar-refractivity contribution in [2.75, 3.05) is 0 Å². The SMILES string of the molecule is C.C.[S-]c1cccc(-c2cccc3ccccc23)c1[S-].[Sn+2]. The van der Waals surface area contributed by atoms with Gasteiger partial charge in [-0.05, 0) is 21.9 Å². The van der Waals surface area contributed by atoms with E-state index in [1.54, 1.807) is 0 Å². The molecular weight excluding hydrogens is 399 g/mol. The van der Waals surface area contributed by atoms with Crippen LogP contribution in [0.15, 0.2) is 70.5 Å². The fraction of sp³-hybridized carbons (Fsp3) is 0.111. The van der Waals surface area contributed by atoms with Crippen molar-refractivity contribution in [3.05, 3.63) is 60.7 Å². The Labute approximate surface area is 155 Å². The van der Waals surface area contributed by atoms with Crippen molar-refractivity contribution in [2.24, 2.45) is 0 Å². The molecule has 0 spiro atoms. The van der Waals surface area contributed by atoms with E-state index in [1.807, 2.05) is 30.3 Å². The van der Waals surface area contributed by atoms with Crippen molar-refractivity contribution in [3.63, 3.8) is 0 Å². The Morgan fingerprint density at radius 3 is 1.95 bits per heavy atom. The molecule has 3 aromatic rings. The summed E-state index contributed by atoms with van der Waals surface area (Å²) in [5.41, 5.74) is 2.21. The molecule has 0 nitrogen and oxygen atoms in total. The summed E-state index contributed by atoms with van der Waals surface area (Å²) in [7, 11) is 0. The minimum atomic E-state index is 0. The smallest absolute Gasteiger partial charge is 0.781 e. The molecule has 0 unspecified atom stereocenters. The second kappa shape index (κ2) is 8.56. The van der Waals surface area contributed by atoms with Crippen LogP contribution in [0.1, 0.15) is 14.9 Å². The van der Waals surface area contributed by atoms with Gasteiger partial charge in [0.2, 0.25) is 0 Å². The third-order valence-electron chi connectivity index (χ3n) is 3.06. The van der Waals surface area contributed by atoms with E-state index in [0.29, 0.717) is 0 Å². The van der Waals surface area contributed by atoms with E-state index in [9.17, 15) is 0 Å². The topological polar surface area (TPSA) is 0 Å². The van der Waals surface area contributed by atoms with E-state index in [2.05, 4.69) is 30.3 Å². The molecule has 2 radical (unpaired) electrons. The zero-order valence-electron chi connectivity index (χ0n) is 10.1. The first-order chi connectivity index (χ1) is 8.77. The van der Waals surface area contributed by atoms with Gasteiger partial charge in [0.15, 0.2) is 0 Å². The molecular formula is C18H18S2Sn. The van der Waals surface area contributed by atoms with Crippen molar-refractivity contribution in [1.82, 2.24) is 0 Å². The first-order valence-corrected chi connectivity index (χ1v) is 6.54. The maximum atomic E-state index is 5.43. The van der Waals surface area contributed by atoms with E-state index in [1.165, 1.54) is 10.8 Å². The van der Waals surface area contributed by atoms with Gasteiger partial charge in [-0.15, -0.1) is 0 Å². The van der Waals surface area contributed by atoms with Gasteiger partial charge in [0.25, 0.3) is 0 Å². The van der Waals surface area contributed by atoms with Gasteiger partial charge in [-0.25, -0.2) is 0 Å². The molecule has 3 aromatic carbocycles. The summed E-state index contributed by atoms with van der Waals surface area (Å²) < 4.78 is 0. The van der Waals surface area contributed by atoms with Gasteiger partial charge >= 0.3 is 23.9 Å². The van der Waals surface area contributed by atoms with Crippen LogP contribution in [0.3, 0.4) is 0 Å². The van der Waals surface area contributed by atoms with Gasteiger partial charge in [0.1, 0.15) is 0 Å². The van der Waals surface area contributed by atoms with E-state index in [0.717, 1.165) is 20.9 Å². The second-order valence-corrected chi connectivity index (χ2v) is 5.01. The normalized spacial score (nSPS) is 9.14. The van der Waals surface area contributed by atoms with Gasteiger partial charge in [0, 0.05) is 0 Å². The van der Waals surface area contributed by atoms with Crippen LogP contribution in [0.4, 0.5) is 0 Å². The summed E-state index contributed by atoms with van der Waals surface area (Å²) in [6, 6.07) is 20.5. The monoisotopic (exact) mass is 418 g/mol. The van der Waals surface area contributed by atoms with Crippen LogP contribution in [0.25, 0.3) is 21.9 Å². The molecule has 0 fully saturated rings. The van der Waals surface area contributed by atoms with Crippen molar-refractivity contribution < 1.29 is 0 Å². The van der Waals surface area contributed by atoms with E-state index < -0.39 is 0 Å². The van der Waals surface area contributed by atoms with Crippen LogP contribution in [-0.2, 0) is 25.3 Å². The largest absolute Gasteiger partial charge is 2.00 e. The first kappa shape index (κ1) is 20.2. The van der Waals surface area contributed by atoms with Crippen LogP contribution >= 0.6 is 0 Å². The molecule has 0 atom stereocenters. The molecule has 3 rings (SSSR count). The molecule has 0 aliphatic heterocycles. The molecule has 0 N–H and O–H groups in total. The average Bonchev–Trinajstić information content (AvgIpc) is 2.41. The minimum absolute atomic E-state index is 0. The second-order valence-electron chi connectivity index (χ2n) is 4.16. The summed E-state index contributed by atoms with van der Waals surface area (Å²) in [4.78, 5) is 1.51. The fourth-order valence-electron chi connectivity index (χ4n) is 2.19. The van der Waals surface area contributed by atoms with Crippen molar-refractivity contribution >= 4 is 59.9 Å². The van der Waals surface area contributed by atoms with E-state index in [4.69, 9.17) is 25.3 Å². The number of hydrogen-bond donors (Lipinski definition) is 0. The Hall–Kier alpha value is -0.841. The number of hydrogen-bond acceptors (Lipinski definition) is 2. The Morgan fingerprint density at radius 1 is 0.619 bits per heavy atom. The average molecular weight is 417 g/mol. The van der Waals surface area contributed by atoms with Crippen molar-refractivity contribution in [2.45, 2.75) is 24.6 Å². The van der Waals surface area contributed by atoms with Crippen molar-refractivity contribution in [1.29, 1.82) is 0 Å². The summed E-state index contributed by atoms with van der Waals surface area (Å²) in [5.74, 6) is 0. The van der Waals surface area contributed by atoms with Crippen LogP contribution in [0.2, 0.25) is 0 Å². The summed E-state index contributed by atoms with van der Waals surface area (Å²) >= 11 is 10.7. The van der Waals surface area contributed by atoms with Gasteiger partial charge < -0.3 is 25.3 Å². The summed E-state index contributed by atoms with van der Waals surface area (Å²) in [6.45, 7) is 0. The molecule has 106 valence electrons. The Morgan fingerprint density at radius 2 is 1.19 bits per heavy atom. The predicted molar refractivity (Wildman–Crippen MR) is 99.9 cm³/mol. The van der Waals surface area contributed by atoms with Gasteiger partial charge in [-0.1, -0.05) is 75.5 Å². The summed E-state index contributed by atoms with van der Waals surface area (Å²) in [6.07, 6.45) is 0. The Kier molecular flexibility index (Phi) is 8.22. The van der Waals surface area contributed by atoms with Crippen molar-refractivity contribution in [3.8, 4) is 11.1 Å². The van der Waals surface area contributed by atoms with Gasteiger partial charge in [0.05, 0.1) is 0 Å². The van der Waals surface area contributed by atoms with E-state index in [-0.39, 0.29) is 38.8 Å². The Balaban J connectivity index is 0.00000133.